The lowest BCUT2D eigenvalue weighted by molar-refractivity contribution is -0.757. The maximum absolute atomic E-state index is 13.6. The summed E-state index contributed by atoms with van der Waals surface area (Å²) in [5.74, 6) is -2.85. The van der Waals surface area contributed by atoms with E-state index in [4.69, 9.17) is 4.74 Å². The average molecular weight is 533 g/mol. The highest BCUT2D eigenvalue weighted by Crippen LogP contribution is 2.41. The molecule has 1 aliphatic heterocycles. The van der Waals surface area contributed by atoms with Gasteiger partial charge >= 0.3 is 24.7 Å². The maximum atomic E-state index is 13.6. The zero-order chi connectivity index (χ0) is 27.3. The number of fused-ring (bicyclic) bond motifs is 1. The van der Waals surface area contributed by atoms with Crippen LogP contribution in [0, 0.1) is 17.0 Å². The fourth-order valence-electron chi connectivity index (χ4n) is 2.83. The Kier molecular flexibility index (Phi) is 8.82. The van der Waals surface area contributed by atoms with Crippen LogP contribution in [0.25, 0.3) is 6.08 Å². The molecule has 0 fully saturated rings. The number of hydrogen-bond acceptors (Lipinski definition) is 10. The van der Waals surface area contributed by atoms with E-state index in [1.165, 1.54) is 6.92 Å². The highest BCUT2D eigenvalue weighted by atomic mass is 19.4. The van der Waals surface area contributed by atoms with Gasteiger partial charge in [0.2, 0.25) is 12.4 Å². The molecule has 0 radical (unpaired) electrons. The van der Waals surface area contributed by atoms with Crippen LogP contribution in [0.5, 0.6) is 11.5 Å². The largest absolute Gasteiger partial charge is 0.573 e. The van der Waals surface area contributed by atoms with Crippen molar-refractivity contribution in [3.05, 3.63) is 38.9 Å². The zero-order valence-corrected chi connectivity index (χ0v) is 18.3. The molecule has 0 spiro atoms. The van der Waals surface area contributed by atoms with Gasteiger partial charge in [0.1, 0.15) is 11.5 Å². The van der Waals surface area contributed by atoms with E-state index in [9.17, 15) is 46.0 Å². The molecule has 0 saturated heterocycles. The van der Waals surface area contributed by atoms with Crippen LogP contribution < -0.4 is 9.47 Å². The molecule has 1 aliphatic rings. The molecule has 2 unspecified atom stereocenters. The standard InChI is InChI=1S/C19H17F6NO10/c1-9-6-12(36-19(23,24)25)7-11-8-13(15(18(20,21)22)35-14(9)11)16(27)33-10(2)34-17(28)31-4-3-5-32-26(29)30/h6-8,10,15H,3-5H2,1-2H3. The van der Waals surface area contributed by atoms with Gasteiger partial charge in [0, 0.05) is 18.9 Å². The molecular weight excluding hydrogens is 516 g/mol. The number of esters is 1. The Hall–Kier alpha value is -3.92. The summed E-state index contributed by atoms with van der Waals surface area (Å²) < 4.78 is 101. The van der Waals surface area contributed by atoms with Gasteiger partial charge in [-0.05, 0) is 30.7 Å². The first-order valence-corrected chi connectivity index (χ1v) is 9.74. The summed E-state index contributed by atoms with van der Waals surface area (Å²) in [6.07, 6.45) is -15.7. The third-order valence-electron chi connectivity index (χ3n) is 4.11. The van der Waals surface area contributed by atoms with Crippen molar-refractivity contribution in [3.8, 4) is 11.5 Å². The average Bonchev–Trinajstić information content (AvgIpc) is 2.70. The Labute approximate surface area is 197 Å². The van der Waals surface area contributed by atoms with Crippen LogP contribution in [-0.2, 0) is 23.8 Å². The van der Waals surface area contributed by atoms with E-state index < -0.39 is 65.8 Å². The van der Waals surface area contributed by atoms with Crippen LogP contribution in [0.3, 0.4) is 0 Å². The highest BCUT2D eigenvalue weighted by molar-refractivity contribution is 5.96. The van der Waals surface area contributed by atoms with E-state index in [1.807, 2.05) is 0 Å². The Morgan fingerprint density at radius 2 is 1.81 bits per heavy atom. The van der Waals surface area contributed by atoms with Crippen LogP contribution >= 0.6 is 0 Å². The molecule has 2 rings (SSSR count). The van der Waals surface area contributed by atoms with Gasteiger partial charge in [0.15, 0.2) is 0 Å². The summed E-state index contributed by atoms with van der Waals surface area (Å²) in [4.78, 5) is 37.9. The van der Waals surface area contributed by atoms with Crippen LogP contribution in [0.15, 0.2) is 17.7 Å². The van der Waals surface area contributed by atoms with Crippen molar-refractivity contribution in [1.29, 1.82) is 0 Å². The van der Waals surface area contributed by atoms with Gasteiger partial charge in [0.25, 0.3) is 5.09 Å². The van der Waals surface area contributed by atoms with E-state index >= 15 is 0 Å². The molecule has 1 heterocycles. The summed E-state index contributed by atoms with van der Waals surface area (Å²) in [5.41, 5.74) is -1.60. The second-order valence-corrected chi connectivity index (χ2v) is 6.95. The van der Waals surface area contributed by atoms with Crippen LogP contribution in [-0.4, -0.2) is 55.4 Å². The molecule has 17 heteroatoms. The molecule has 0 bridgehead atoms. The van der Waals surface area contributed by atoms with Gasteiger partial charge in [-0.15, -0.1) is 23.3 Å². The molecule has 200 valence electrons. The summed E-state index contributed by atoms with van der Waals surface area (Å²) in [6, 6.07) is 1.53. The molecule has 0 amide bonds. The van der Waals surface area contributed by atoms with Crippen molar-refractivity contribution in [2.45, 2.75) is 45.2 Å². The van der Waals surface area contributed by atoms with Crippen molar-refractivity contribution in [2.24, 2.45) is 0 Å². The topological polar surface area (TPSA) is 133 Å². The van der Waals surface area contributed by atoms with Gasteiger partial charge < -0.3 is 28.5 Å². The number of rotatable bonds is 9. The van der Waals surface area contributed by atoms with Gasteiger partial charge in [0.05, 0.1) is 18.8 Å². The summed E-state index contributed by atoms with van der Waals surface area (Å²) >= 11 is 0. The maximum Gasteiger partial charge on any atom is 0.573 e. The van der Waals surface area contributed by atoms with Crippen molar-refractivity contribution in [1.82, 2.24) is 0 Å². The Bertz CT molecular complexity index is 1020. The van der Waals surface area contributed by atoms with Gasteiger partial charge in [-0.3, -0.25) is 0 Å². The first-order chi connectivity index (χ1) is 16.6. The minimum atomic E-state index is -5.13. The number of ether oxygens (including phenoxy) is 5. The smallest absolute Gasteiger partial charge is 0.475 e. The second kappa shape index (κ2) is 11.2. The number of alkyl halides is 6. The molecule has 0 N–H and O–H groups in total. The van der Waals surface area contributed by atoms with Crippen LogP contribution in [0.4, 0.5) is 31.1 Å². The third kappa shape index (κ3) is 8.38. The fourth-order valence-corrected chi connectivity index (χ4v) is 2.83. The SMILES string of the molecule is Cc1cc(OC(F)(F)F)cc2c1OC(C(F)(F)F)C(C(=O)OC(C)OC(=O)OCCCO[N+](=O)[O-])=C2. The fraction of sp³-hybridized carbons (Fsp3) is 0.474. The summed E-state index contributed by atoms with van der Waals surface area (Å²) in [7, 11) is 0. The second-order valence-electron chi connectivity index (χ2n) is 6.95. The van der Waals surface area contributed by atoms with Crippen molar-refractivity contribution in [2.75, 3.05) is 13.2 Å². The lowest BCUT2D eigenvalue weighted by atomic mass is 9.99. The van der Waals surface area contributed by atoms with Crippen molar-refractivity contribution >= 4 is 18.2 Å². The quantitative estimate of drug-likeness (QED) is 0.113. The van der Waals surface area contributed by atoms with E-state index in [1.54, 1.807) is 0 Å². The normalized spacial score (nSPS) is 16.0. The van der Waals surface area contributed by atoms with Gasteiger partial charge in [-0.2, -0.15) is 13.2 Å². The van der Waals surface area contributed by atoms with E-state index in [0.29, 0.717) is 6.08 Å². The summed E-state index contributed by atoms with van der Waals surface area (Å²) in [6.45, 7) is 1.36. The molecule has 1 aromatic rings. The molecule has 0 aromatic heterocycles. The Morgan fingerprint density at radius 1 is 1.14 bits per heavy atom. The monoisotopic (exact) mass is 533 g/mol. The molecule has 0 aliphatic carbocycles. The minimum Gasteiger partial charge on any atom is -0.475 e. The lowest BCUT2D eigenvalue weighted by Gasteiger charge is -2.29. The van der Waals surface area contributed by atoms with Gasteiger partial charge in [-0.1, -0.05) is 0 Å². The van der Waals surface area contributed by atoms with Crippen molar-refractivity contribution < 1.29 is 69.5 Å². The first kappa shape index (κ1) is 28.3. The number of hydrogen-bond donors (Lipinski definition) is 0. The molecule has 2 atom stereocenters. The Balaban J connectivity index is 2.14. The number of halogens is 6. The van der Waals surface area contributed by atoms with Crippen LogP contribution in [0.2, 0.25) is 0 Å². The predicted octanol–water partition coefficient (Wildman–Crippen LogP) is 4.24. The number of carbonyl (C=O) groups is 2. The zero-order valence-electron chi connectivity index (χ0n) is 18.3. The summed E-state index contributed by atoms with van der Waals surface area (Å²) in [5, 5.41) is 8.92. The number of carbonyl (C=O) groups excluding carboxylic acids is 2. The number of benzene rings is 1. The van der Waals surface area contributed by atoms with E-state index in [2.05, 4.69) is 23.8 Å². The Morgan fingerprint density at radius 3 is 2.39 bits per heavy atom. The lowest BCUT2D eigenvalue weighted by Crippen LogP contribution is -2.41. The predicted molar refractivity (Wildman–Crippen MR) is 102 cm³/mol. The minimum absolute atomic E-state index is 0.0966. The molecule has 1 aromatic carbocycles. The highest BCUT2D eigenvalue weighted by Gasteiger charge is 2.49. The van der Waals surface area contributed by atoms with Crippen molar-refractivity contribution in [3.63, 3.8) is 0 Å². The number of aryl methyl sites for hydroxylation is 1. The first-order valence-electron chi connectivity index (χ1n) is 9.74. The molecule has 36 heavy (non-hydrogen) atoms. The van der Waals surface area contributed by atoms with E-state index in [-0.39, 0.29) is 24.2 Å². The molecule has 11 nitrogen and oxygen atoms in total. The molecule has 0 saturated carbocycles. The van der Waals surface area contributed by atoms with Crippen LogP contribution in [0.1, 0.15) is 24.5 Å². The van der Waals surface area contributed by atoms with E-state index in [0.717, 1.165) is 19.1 Å². The van der Waals surface area contributed by atoms with Gasteiger partial charge in [-0.25, -0.2) is 9.59 Å². The molecular formula is C19H17F6NO10. The number of nitrogens with zero attached hydrogens (tertiary/aromatic N) is 1. The third-order valence-corrected chi connectivity index (χ3v) is 4.11.